The Bertz CT molecular complexity index is 278. The van der Waals surface area contributed by atoms with Gasteiger partial charge in [0.05, 0.1) is 19.8 Å². The zero-order chi connectivity index (χ0) is 10.0. The molecule has 2 saturated heterocycles. The van der Waals surface area contributed by atoms with Crippen molar-refractivity contribution in [3.8, 4) is 0 Å². The van der Waals surface area contributed by atoms with Gasteiger partial charge >= 0.3 is 0 Å². The maximum Gasteiger partial charge on any atom is 0.243 e. The van der Waals surface area contributed by atoms with Crippen molar-refractivity contribution in [1.82, 2.24) is 4.47 Å². The van der Waals surface area contributed by atoms with Crippen LogP contribution in [0.5, 0.6) is 0 Å². The molecule has 2 aliphatic rings. The normalized spacial score (nSPS) is 26.9. The molecule has 0 aromatic carbocycles. The molecule has 2 fully saturated rings. The quantitative estimate of drug-likeness (QED) is 0.665. The van der Waals surface area contributed by atoms with Crippen molar-refractivity contribution in [3.05, 3.63) is 0 Å². The van der Waals surface area contributed by atoms with E-state index in [0.717, 1.165) is 23.7 Å². The van der Waals surface area contributed by atoms with Gasteiger partial charge in [-0.3, -0.25) is 4.84 Å². The summed E-state index contributed by atoms with van der Waals surface area (Å²) in [6, 6.07) is 0. The molecule has 0 unspecified atom stereocenters. The molecule has 0 aromatic heterocycles. The first kappa shape index (κ1) is 10.4. The van der Waals surface area contributed by atoms with E-state index in [2.05, 4.69) is 0 Å². The van der Waals surface area contributed by atoms with Crippen LogP contribution in [-0.2, 0) is 19.6 Å². The monoisotopic (exact) mass is 221 g/mol. The lowest BCUT2D eigenvalue weighted by molar-refractivity contribution is -0.0800. The van der Waals surface area contributed by atoms with E-state index in [-0.39, 0.29) is 5.25 Å². The average Bonchev–Trinajstić information content (AvgIpc) is 2.26. The van der Waals surface area contributed by atoms with Gasteiger partial charge in [0.15, 0.2) is 0 Å². The number of sulfonamides is 1. The molecular weight excluding hydrogens is 206 g/mol. The van der Waals surface area contributed by atoms with Gasteiger partial charge < -0.3 is 4.74 Å². The average molecular weight is 221 g/mol. The molecule has 0 atom stereocenters. The first-order valence-electron chi connectivity index (χ1n) is 4.93. The van der Waals surface area contributed by atoms with Crippen LogP contribution in [0.15, 0.2) is 0 Å². The number of ether oxygens (including phenoxy) is 1. The van der Waals surface area contributed by atoms with Gasteiger partial charge in [0.25, 0.3) is 0 Å². The Morgan fingerprint density at radius 3 is 2.57 bits per heavy atom. The fourth-order valence-corrected chi connectivity index (χ4v) is 2.98. The number of nitrogens with zero attached hydrogens (tertiary/aromatic N) is 1. The van der Waals surface area contributed by atoms with Crippen LogP contribution in [0.25, 0.3) is 0 Å². The van der Waals surface area contributed by atoms with E-state index in [1.165, 1.54) is 0 Å². The molecule has 0 spiro atoms. The van der Waals surface area contributed by atoms with Crippen LogP contribution in [0.3, 0.4) is 0 Å². The summed E-state index contributed by atoms with van der Waals surface area (Å²) < 4.78 is 29.7. The molecule has 0 aromatic rings. The second kappa shape index (κ2) is 4.14. The van der Waals surface area contributed by atoms with Crippen LogP contribution in [0, 0.1) is 0 Å². The maximum atomic E-state index is 11.8. The van der Waals surface area contributed by atoms with Crippen molar-refractivity contribution in [2.24, 2.45) is 0 Å². The van der Waals surface area contributed by atoms with Gasteiger partial charge in [-0.05, 0) is 19.3 Å². The highest BCUT2D eigenvalue weighted by Gasteiger charge is 2.38. The Morgan fingerprint density at radius 2 is 1.93 bits per heavy atom. The molecule has 0 saturated carbocycles. The van der Waals surface area contributed by atoms with Crippen LogP contribution in [0.4, 0.5) is 0 Å². The largest absolute Gasteiger partial charge is 0.378 e. The van der Waals surface area contributed by atoms with Crippen molar-refractivity contribution in [2.45, 2.75) is 24.5 Å². The summed E-state index contributed by atoms with van der Waals surface area (Å²) in [4.78, 5) is 5.21. The molecule has 2 aliphatic heterocycles. The molecule has 6 heteroatoms. The topological polar surface area (TPSA) is 55.8 Å². The van der Waals surface area contributed by atoms with E-state index in [0.29, 0.717) is 26.4 Å². The van der Waals surface area contributed by atoms with E-state index < -0.39 is 10.0 Å². The molecular formula is C8H15NO4S. The van der Waals surface area contributed by atoms with Gasteiger partial charge in [-0.15, -0.1) is 0 Å². The van der Waals surface area contributed by atoms with E-state index in [1.807, 2.05) is 0 Å². The lowest BCUT2D eigenvalue weighted by Crippen LogP contribution is -2.48. The highest BCUT2D eigenvalue weighted by Crippen LogP contribution is 2.19. The molecule has 0 bridgehead atoms. The molecule has 0 N–H and O–H groups in total. The number of hydrogen-bond donors (Lipinski definition) is 0. The summed E-state index contributed by atoms with van der Waals surface area (Å²) >= 11 is 0. The van der Waals surface area contributed by atoms with Gasteiger partial charge in [0.1, 0.15) is 5.25 Å². The van der Waals surface area contributed by atoms with Gasteiger partial charge in [-0.2, -0.15) is 0 Å². The smallest absolute Gasteiger partial charge is 0.243 e. The number of hydroxylamine groups is 1. The number of hydrogen-bond acceptors (Lipinski definition) is 4. The van der Waals surface area contributed by atoms with Gasteiger partial charge in [0.2, 0.25) is 10.0 Å². The molecule has 82 valence electrons. The Kier molecular flexibility index (Phi) is 3.06. The van der Waals surface area contributed by atoms with Crippen LogP contribution in [-0.4, -0.2) is 44.5 Å². The van der Waals surface area contributed by atoms with E-state index in [1.54, 1.807) is 0 Å². The molecule has 0 aliphatic carbocycles. The highest BCUT2D eigenvalue weighted by atomic mass is 32.2. The van der Waals surface area contributed by atoms with E-state index in [4.69, 9.17) is 9.57 Å². The predicted molar refractivity (Wildman–Crippen MR) is 50.0 cm³/mol. The summed E-state index contributed by atoms with van der Waals surface area (Å²) in [5.41, 5.74) is 0. The number of rotatable bonds is 2. The summed E-state index contributed by atoms with van der Waals surface area (Å²) in [6.07, 6.45) is 2.85. The van der Waals surface area contributed by atoms with Crippen molar-refractivity contribution >= 4 is 10.0 Å². The minimum Gasteiger partial charge on any atom is -0.378 e. The summed E-state index contributed by atoms with van der Waals surface area (Å²) in [5.74, 6) is 0. The minimum absolute atomic E-state index is 0.308. The molecule has 0 amide bonds. The predicted octanol–water partition coefficient (Wildman–Crippen LogP) is 0.132. The Hall–Kier alpha value is -0.170. The minimum atomic E-state index is -3.26. The lowest BCUT2D eigenvalue weighted by atomic mass is 10.2. The first-order chi connectivity index (χ1) is 6.71. The zero-order valence-corrected chi connectivity index (χ0v) is 8.83. The van der Waals surface area contributed by atoms with Crippen LogP contribution in [0.2, 0.25) is 0 Å². The van der Waals surface area contributed by atoms with E-state index >= 15 is 0 Å². The Morgan fingerprint density at radius 1 is 1.14 bits per heavy atom. The summed E-state index contributed by atoms with van der Waals surface area (Å²) in [7, 11) is -3.26. The van der Waals surface area contributed by atoms with Crippen LogP contribution >= 0.6 is 0 Å². The van der Waals surface area contributed by atoms with Crippen molar-refractivity contribution in [2.75, 3.05) is 26.4 Å². The molecule has 2 heterocycles. The van der Waals surface area contributed by atoms with Crippen molar-refractivity contribution in [1.29, 1.82) is 0 Å². The molecule has 0 radical (unpaired) electrons. The van der Waals surface area contributed by atoms with Crippen molar-refractivity contribution in [3.63, 3.8) is 0 Å². The first-order valence-corrected chi connectivity index (χ1v) is 6.44. The molecule has 14 heavy (non-hydrogen) atoms. The Balaban J connectivity index is 2.03. The van der Waals surface area contributed by atoms with Crippen LogP contribution < -0.4 is 0 Å². The highest BCUT2D eigenvalue weighted by molar-refractivity contribution is 7.89. The SMILES string of the molecule is O=S(=O)(C1COC1)N1CCCCCO1. The fraction of sp³-hybridized carbons (Fsp3) is 1.00. The van der Waals surface area contributed by atoms with E-state index in [9.17, 15) is 8.42 Å². The van der Waals surface area contributed by atoms with Crippen LogP contribution in [0.1, 0.15) is 19.3 Å². The molecule has 5 nitrogen and oxygen atoms in total. The maximum absolute atomic E-state index is 11.8. The standard InChI is InChI=1S/C8H15NO4S/c10-14(11,8-6-12-7-8)9-4-2-1-3-5-13-9/h8H,1-7H2. The summed E-state index contributed by atoms with van der Waals surface area (Å²) in [5, 5.41) is -0.388. The third-order valence-corrected chi connectivity index (χ3v) is 4.50. The third-order valence-electron chi connectivity index (χ3n) is 2.53. The second-order valence-electron chi connectivity index (χ2n) is 3.62. The lowest BCUT2D eigenvalue weighted by Gasteiger charge is -2.30. The van der Waals surface area contributed by atoms with Gasteiger partial charge in [0, 0.05) is 6.54 Å². The van der Waals surface area contributed by atoms with Crippen molar-refractivity contribution < 1.29 is 18.0 Å². The molecule has 2 rings (SSSR count). The second-order valence-corrected chi connectivity index (χ2v) is 5.73. The third kappa shape index (κ3) is 1.93. The zero-order valence-electron chi connectivity index (χ0n) is 8.02. The van der Waals surface area contributed by atoms with Gasteiger partial charge in [-0.25, -0.2) is 8.42 Å². The summed E-state index contributed by atoms with van der Waals surface area (Å²) in [6.45, 7) is 1.61. The fourth-order valence-electron chi connectivity index (χ4n) is 1.50. The van der Waals surface area contributed by atoms with Gasteiger partial charge in [-0.1, -0.05) is 4.47 Å². The Labute approximate surface area is 84.0 Å².